The highest BCUT2D eigenvalue weighted by molar-refractivity contribution is 14.1. The molecule has 2 nitrogen and oxygen atoms in total. The van der Waals surface area contributed by atoms with Crippen LogP contribution in [0.4, 0.5) is 0 Å². The topological polar surface area (TPSA) is 26.0 Å². The van der Waals surface area contributed by atoms with Gasteiger partial charge in [0.25, 0.3) is 0 Å². The molecule has 0 amide bonds. The molecule has 0 aliphatic carbocycles. The highest BCUT2D eigenvalue weighted by atomic mass is 127. The van der Waals surface area contributed by atoms with E-state index in [2.05, 4.69) is 59.8 Å². The molecule has 1 aromatic carbocycles. The summed E-state index contributed by atoms with van der Waals surface area (Å²) in [7, 11) is 0. The number of fused-ring (bicyclic) bond motifs is 1. The van der Waals surface area contributed by atoms with Crippen LogP contribution in [0.25, 0.3) is 11.0 Å². The molecule has 0 atom stereocenters. The maximum Gasteiger partial charge on any atom is 0.168 e. The molecule has 2 aromatic rings. The van der Waals surface area contributed by atoms with Gasteiger partial charge in [-0.2, -0.15) is 0 Å². The molecule has 0 N–H and O–H groups in total. The average molecular weight is 287 g/mol. The second-order valence-corrected chi connectivity index (χ2v) is 4.41. The Morgan fingerprint density at radius 1 is 1.38 bits per heavy atom. The molecule has 0 aliphatic heterocycles. The number of aromatic nitrogens is 1. The van der Waals surface area contributed by atoms with E-state index < -0.39 is 0 Å². The van der Waals surface area contributed by atoms with E-state index >= 15 is 0 Å². The van der Waals surface area contributed by atoms with Crippen molar-refractivity contribution in [1.29, 1.82) is 0 Å². The van der Waals surface area contributed by atoms with E-state index in [4.69, 9.17) is 4.52 Å². The summed E-state index contributed by atoms with van der Waals surface area (Å²) < 4.78 is 6.12. The highest BCUT2D eigenvalue weighted by Gasteiger charge is 2.07. The van der Waals surface area contributed by atoms with Crippen molar-refractivity contribution >= 4 is 33.6 Å². The Kier molecular flexibility index (Phi) is 2.27. The van der Waals surface area contributed by atoms with Crippen molar-refractivity contribution in [2.75, 3.05) is 0 Å². The largest absolute Gasteiger partial charge is 0.355 e. The number of hydrogen-bond acceptors (Lipinski definition) is 2. The lowest BCUT2D eigenvalue weighted by Crippen LogP contribution is -1.85. The maximum absolute atomic E-state index is 5.18. The van der Waals surface area contributed by atoms with Gasteiger partial charge in [-0.1, -0.05) is 25.1 Å². The van der Waals surface area contributed by atoms with E-state index in [0.717, 1.165) is 14.7 Å². The second-order valence-electron chi connectivity index (χ2n) is 3.38. The third-order valence-corrected chi connectivity index (χ3v) is 2.90. The Morgan fingerprint density at radius 3 is 2.85 bits per heavy atom. The van der Waals surface area contributed by atoms with E-state index in [0.29, 0.717) is 5.92 Å². The molecular weight excluding hydrogens is 277 g/mol. The van der Waals surface area contributed by atoms with Crippen LogP contribution in [0.15, 0.2) is 22.7 Å². The Hall–Kier alpha value is -0.580. The molecule has 0 aliphatic rings. The van der Waals surface area contributed by atoms with E-state index in [1.54, 1.807) is 0 Å². The lowest BCUT2D eigenvalue weighted by molar-refractivity contribution is 0.450. The lowest BCUT2D eigenvalue weighted by atomic mass is 10.0. The van der Waals surface area contributed by atoms with E-state index in [1.807, 2.05) is 0 Å². The maximum atomic E-state index is 5.18. The summed E-state index contributed by atoms with van der Waals surface area (Å²) in [5, 5.41) is 5.01. The first-order chi connectivity index (χ1) is 6.18. The Morgan fingerprint density at radius 2 is 2.15 bits per heavy atom. The summed E-state index contributed by atoms with van der Waals surface area (Å²) in [5.74, 6) is 0.534. The van der Waals surface area contributed by atoms with Crippen molar-refractivity contribution in [1.82, 2.24) is 5.16 Å². The third kappa shape index (κ3) is 1.57. The number of rotatable bonds is 1. The second kappa shape index (κ2) is 3.29. The predicted octanol–water partition coefficient (Wildman–Crippen LogP) is 3.56. The fourth-order valence-corrected chi connectivity index (χ4v) is 1.83. The number of hydrogen-bond donors (Lipinski definition) is 0. The molecule has 0 bridgehead atoms. The first-order valence-electron chi connectivity index (χ1n) is 4.23. The smallest absolute Gasteiger partial charge is 0.168 e. The Bertz CT molecular complexity index is 433. The normalized spacial score (nSPS) is 11.4. The molecule has 2 rings (SSSR count). The number of nitrogens with zero attached hydrogens (tertiary/aromatic N) is 1. The third-order valence-electron chi connectivity index (χ3n) is 2.12. The minimum Gasteiger partial charge on any atom is -0.355 e. The van der Waals surface area contributed by atoms with E-state index in [1.165, 1.54) is 5.56 Å². The van der Waals surface area contributed by atoms with Gasteiger partial charge >= 0.3 is 0 Å². The SMILES string of the molecule is CC(C)c1ccc2c(I)noc2c1. The van der Waals surface area contributed by atoms with E-state index in [9.17, 15) is 0 Å². The van der Waals surface area contributed by atoms with Gasteiger partial charge in [0.15, 0.2) is 9.28 Å². The van der Waals surface area contributed by atoms with E-state index in [-0.39, 0.29) is 0 Å². The van der Waals surface area contributed by atoms with Crippen molar-refractivity contribution in [3.8, 4) is 0 Å². The summed E-state index contributed by atoms with van der Waals surface area (Å²) in [6.45, 7) is 4.34. The minimum atomic E-state index is 0.534. The number of benzene rings is 1. The Labute approximate surface area is 90.4 Å². The summed E-state index contributed by atoms with van der Waals surface area (Å²) in [5.41, 5.74) is 2.18. The van der Waals surface area contributed by atoms with Crippen LogP contribution in [0.3, 0.4) is 0 Å². The minimum absolute atomic E-state index is 0.534. The molecule has 0 fully saturated rings. The molecule has 0 unspecified atom stereocenters. The predicted molar refractivity (Wildman–Crippen MR) is 60.8 cm³/mol. The van der Waals surface area contributed by atoms with Gasteiger partial charge in [-0.15, -0.1) is 0 Å². The van der Waals surface area contributed by atoms with Crippen LogP contribution in [0, 0.1) is 3.70 Å². The van der Waals surface area contributed by atoms with Crippen molar-refractivity contribution in [2.24, 2.45) is 0 Å². The van der Waals surface area contributed by atoms with Crippen molar-refractivity contribution in [3.63, 3.8) is 0 Å². The van der Waals surface area contributed by atoms with Gasteiger partial charge in [-0.05, 0) is 46.2 Å². The summed E-state index contributed by atoms with van der Waals surface area (Å²) >= 11 is 2.18. The fraction of sp³-hybridized carbons (Fsp3) is 0.300. The van der Waals surface area contributed by atoms with Gasteiger partial charge in [-0.25, -0.2) is 0 Å². The van der Waals surface area contributed by atoms with Crippen LogP contribution in [0.2, 0.25) is 0 Å². The molecular formula is C10H10INO. The molecule has 0 radical (unpaired) electrons. The molecule has 13 heavy (non-hydrogen) atoms. The lowest BCUT2D eigenvalue weighted by Gasteiger charge is -2.02. The highest BCUT2D eigenvalue weighted by Crippen LogP contribution is 2.24. The molecule has 3 heteroatoms. The summed E-state index contributed by atoms with van der Waals surface area (Å²) in [4.78, 5) is 0. The number of halogens is 1. The zero-order chi connectivity index (χ0) is 9.42. The van der Waals surface area contributed by atoms with Crippen molar-refractivity contribution in [3.05, 3.63) is 27.5 Å². The molecule has 0 spiro atoms. The van der Waals surface area contributed by atoms with Crippen LogP contribution in [0.1, 0.15) is 25.3 Å². The summed E-state index contributed by atoms with van der Waals surface area (Å²) in [6.07, 6.45) is 0. The van der Waals surface area contributed by atoms with Gasteiger partial charge in [0.1, 0.15) is 0 Å². The van der Waals surface area contributed by atoms with Gasteiger partial charge in [0.2, 0.25) is 0 Å². The fourth-order valence-electron chi connectivity index (χ4n) is 1.28. The molecule has 0 saturated heterocycles. The quantitative estimate of drug-likeness (QED) is 0.750. The molecule has 1 aromatic heterocycles. The van der Waals surface area contributed by atoms with Gasteiger partial charge in [0.05, 0.1) is 5.39 Å². The standard InChI is InChI=1S/C10H10INO/c1-6(2)7-3-4-8-9(5-7)13-12-10(8)11/h3-6H,1-2H3. The van der Waals surface area contributed by atoms with Crippen molar-refractivity contribution < 1.29 is 4.52 Å². The summed E-state index contributed by atoms with van der Waals surface area (Å²) in [6, 6.07) is 6.27. The zero-order valence-corrected chi connectivity index (χ0v) is 9.70. The first-order valence-corrected chi connectivity index (χ1v) is 5.31. The van der Waals surface area contributed by atoms with Gasteiger partial charge in [-0.3, -0.25) is 0 Å². The average Bonchev–Trinajstić information content (AvgIpc) is 2.47. The first kappa shape index (κ1) is 8.99. The van der Waals surface area contributed by atoms with Crippen LogP contribution in [0.5, 0.6) is 0 Å². The van der Waals surface area contributed by atoms with Crippen LogP contribution in [-0.2, 0) is 0 Å². The van der Waals surface area contributed by atoms with Gasteiger partial charge in [0, 0.05) is 0 Å². The molecule has 0 saturated carbocycles. The molecule has 68 valence electrons. The van der Waals surface area contributed by atoms with Gasteiger partial charge < -0.3 is 4.52 Å². The monoisotopic (exact) mass is 287 g/mol. The van der Waals surface area contributed by atoms with Crippen molar-refractivity contribution in [2.45, 2.75) is 19.8 Å². The Balaban J connectivity index is 2.63. The molecule has 1 heterocycles. The van der Waals surface area contributed by atoms with Crippen LogP contribution in [-0.4, -0.2) is 5.16 Å². The van der Waals surface area contributed by atoms with Crippen LogP contribution >= 0.6 is 22.6 Å². The van der Waals surface area contributed by atoms with Crippen LogP contribution < -0.4 is 0 Å². The zero-order valence-electron chi connectivity index (χ0n) is 7.54.